The van der Waals surface area contributed by atoms with Crippen molar-refractivity contribution < 1.29 is 4.74 Å². The van der Waals surface area contributed by atoms with E-state index in [4.69, 9.17) is 4.74 Å². The number of likely N-dealkylation sites (tertiary alicyclic amines) is 1. The van der Waals surface area contributed by atoms with Crippen LogP contribution in [0.2, 0.25) is 0 Å². The van der Waals surface area contributed by atoms with Crippen LogP contribution in [0.3, 0.4) is 0 Å². The molecule has 1 aromatic carbocycles. The van der Waals surface area contributed by atoms with E-state index in [0.29, 0.717) is 6.04 Å². The number of guanidine groups is 1. The number of nitrogens with one attached hydrogen (secondary N) is 2. The zero-order chi connectivity index (χ0) is 18.2. The van der Waals surface area contributed by atoms with Gasteiger partial charge in [0.25, 0.3) is 0 Å². The Balaban J connectivity index is 1.36. The third-order valence-electron chi connectivity index (χ3n) is 5.75. The number of hydrogen-bond donors (Lipinski definition) is 2. The van der Waals surface area contributed by atoms with E-state index < -0.39 is 0 Å². The Morgan fingerprint density at radius 2 is 1.81 bits per heavy atom. The molecule has 0 bridgehead atoms. The molecule has 144 valence electrons. The lowest BCUT2D eigenvalue weighted by Crippen LogP contribution is -2.45. The highest BCUT2D eigenvalue weighted by Gasteiger charge is 2.20. The Bertz CT molecular complexity index is 558. The molecular formula is C21H34N4O. The highest BCUT2D eigenvalue weighted by Crippen LogP contribution is 2.20. The van der Waals surface area contributed by atoms with Crippen LogP contribution in [0, 0.1) is 5.92 Å². The van der Waals surface area contributed by atoms with E-state index in [2.05, 4.69) is 44.8 Å². The second-order valence-electron chi connectivity index (χ2n) is 7.65. The first kappa shape index (κ1) is 19.0. The van der Waals surface area contributed by atoms with Crippen LogP contribution in [0.4, 0.5) is 0 Å². The van der Waals surface area contributed by atoms with Gasteiger partial charge in [-0.1, -0.05) is 25.0 Å². The van der Waals surface area contributed by atoms with Crippen LogP contribution in [-0.4, -0.2) is 50.7 Å². The zero-order valence-corrected chi connectivity index (χ0v) is 16.3. The van der Waals surface area contributed by atoms with Gasteiger partial charge in [-0.05, 0) is 62.4 Å². The lowest BCUT2D eigenvalue weighted by molar-refractivity contribution is 0.178. The quantitative estimate of drug-likeness (QED) is 0.606. The molecule has 26 heavy (non-hydrogen) atoms. The summed E-state index contributed by atoms with van der Waals surface area (Å²) in [5.41, 5.74) is 1.36. The van der Waals surface area contributed by atoms with Crippen LogP contribution in [0.25, 0.3) is 0 Å². The van der Waals surface area contributed by atoms with Gasteiger partial charge < -0.3 is 15.4 Å². The second kappa shape index (κ2) is 9.81. The number of benzene rings is 1. The summed E-state index contributed by atoms with van der Waals surface area (Å²) in [5, 5.41) is 7.12. The van der Waals surface area contributed by atoms with Gasteiger partial charge >= 0.3 is 0 Å². The van der Waals surface area contributed by atoms with E-state index >= 15 is 0 Å². The van der Waals surface area contributed by atoms with Gasteiger partial charge in [-0.3, -0.25) is 9.89 Å². The average molecular weight is 359 g/mol. The average Bonchev–Trinajstić information content (AvgIpc) is 3.20. The summed E-state index contributed by atoms with van der Waals surface area (Å²) in [6.45, 7) is 4.41. The molecule has 0 spiro atoms. The topological polar surface area (TPSA) is 48.9 Å². The van der Waals surface area contributed by atoms with E-state index in [-0.39, 0.29) is 0 Å². The monoisotopic (exact) mass is 358 g/mol. The number of ether oxygens (including phenoxy) is 1. The largest absolute Gasteiger partial charge is 0.497 e. The van der Waals surface area contributed by atoms with E-state index in [1.807, 2.05) is 7.05 Å². The standard InChI is InChI=1S/C21H34N4O/c1-22-21(24-19-5-3-4-6-19)23-15-17-11-13-25(14-12-17)16-18-7-9-20(26-2)10-8-18/h7-10,17,19H,3-6,11-16H2,1-2H3,(H2,22,23,24). The van der Waals surface area contributed by atoms with Gasteiger partial charge in [0.1, 0.15) is 5.75 Å². The highest BCUT2D eigenvalue weighted by molar-refractivity contribution is 5.79. The molecule has 0 unspecified atom stereocenters. The number of rotatable bonds is 6. The molecule has 1 saturated carbocycles. The zero-order valence-electron chi connectivity index (χ0n) is 16.3. The lowest BCUT2D eigenvalue weighted by atomic mass is 9.96. The predicted molar refractivity (Wildman–Crippen MR) is 108 cm³/mol. The van der Waals surface area contributed by atoms with Crippen LogP contribution in [-0.2, 0) is 6.54 Å². The first-order valence-electron chi connectivity index (χ1n) is 10.1. The Labute approximate surface area is 158 Å². The van der Waals surface area contributed by atoms with Crippen molar-refractivity contribution in [3.8, 4) is 5.75 Å². The molecule has 2 aliphatic rings. The van der Waals surface area contributed by atoms with Gasteiger partial charge in [-0.2, -0.15) is 0 Å². The number of methoxy groups -OCH3 is 1. The molecule has 2 fully saturated rings. The van der Waals surface area contributed by atoms with E-state index in [1.54, 1.807) is 7.11 Å². The van der Waals surface area contributed by atoms with Crippen LogP contribution in [0.15, 0.2) is 29.3 Å². The molecule has 1 aromatic rings. The number of hydrogen-bond acceptors (Lipinski definition) is 3. The smallest absolute Gasteiger partial charge is 0.191 e. The number of piperidine rings is 1. The predicted octanol–water partition coefficient (Wildman–Crippen LogP) is 3.01. The van der Waals surface area contributed by atoms with Crippen LogP contribution in [0.1, 0.15) is 44.1 Å². The van der Waals surface area contributed by atoms with Crippen molar-refractivity contribution in [2.75, 3.05) is 33.8 Å². The summed E-state index contributed by atoms with van der Waals surface area (Å²) in [6.07, 6.45) is 7.77. The van der Waals surface area contributed by atoms with Crippen molar-refractivity contribution in [3.05, 3.63) is 29.8 Å². The normalized spacial score (nSPS) is 20.3. The molecule has 1 heterocycles. The van der Waals surface area contributed by atoms with Crippen molar-refractivity contribution >= 4 is 5.96 Å². The molecule has 5 nitrogen and oxygen atoms in total. The fourth-order valence-electron chi connectivity index (χ4n) is 4.04. The van der Waals surface area contributed by atoms with Gasteiger partial charge in [0.15, 0.2) is 5.96 Å². The summed E-state index contributed by atoms with van der Waals surface area (Å²) in [4.78, 5) is 6.95. The summed E-state index contributed by atoms with van der Waals surface area (Å²) in [7, 11) is 3.59. The second-order valence-corrected chi connectivity index (χ2v) is 7.65. The summed E-state index contributed by atoms with van der Waals surface area (Å²) in [6, 6.07) is 9.06. The Kier molecular flexibility index (Phi) is 7.18. The molecular weight excluding hydrogens is 324 g/mol. The first-order valence-corrected chi connectivity index (χ1v) is 10.1. The van der Waals surface area contributed by atoms with Crippen LogP contribution >= 0.6 is 0 Å². The van der Waals surface area contributed by atoms with Crippen molar-refractivity contribution in [3.63, 3.8) is 0 Å². The third-order valence-corrected chi connectivity index (χ3v) is 5.75. The van der Waals surface area contributed by atoms with Gasteiger partial charge in [0, 0.05) is 26.2 Å². The number of nitrogens with zero attached hydrogens (tertiary/aromatic N) is 2. The third kappa shape index (κ3) is 5.63. The molecule has 2 N–H and O–H groups in total. The Hall–Kier alpha value is -1.75. The SMILES string of the molecule is CN=C(NCC1CCN(Cc2ccc(OC)cc2)CC1)NC1CCCC1. The minimum absolute atomic E-state index is 0.618. The maximum Gasteiger partial charge on any atom is 0.191 e. The summed E-state index contributed by atoms with van der Waals surface area (Å²) < 4.78 is 5.23. The molecule has 1 saturated heterocycles. The molecule has 5 heteroatoms. The van der Waals surface area contributed by atoms with Crippen molar-refractivity contribution in [1.29, 1.82) is 0 Å². The fourth-order valence-corrected chi connectivity index (χ4v) is 4.04. The van der Waals surface area contributed by atoms with Gasteiger partial charge in [-0.25, -0.2) is 0 Å². The maximum atomic E-state index is 5.23. The molecule has 0 atom stereocenters. The minimum atomic E-state index is 0.618. The molecule has 1 aliphatic heterocycles. The van der Waals surface area contributed by atoms with Crippen LogP contribution < -0.4 is 15.4 Å². The van der Waals surface area contributed by atoms with Crippen molar-refractivity contribution in [2.45, 2.75) is 51.1 Å². The molecule has 0 amide bonds. The Morgan fingerprint density at radius 3 is 2.42 bits per heavy atom. The highest BCUT2D eigenvalue weighted by atomic mass is 16.5. The number of aliphatic imine (C=N–C) groups is 1. The summed E-state index contributed by atoms with van der Waals surface area (Å²) >= 11 is 0. The van der Waals surface area contributed by atoms with Crippen molar-refractivity contribution in [1.82, 2.24) is 15.5 Å². The molecule has 1 aliphatic carbocycles. The first-order chi connectivity index (χ1) is 12.8. The van der Waals surface area contributed by atoms with Crippen molar-refractivity contribution in [2.24, 2.45) is 10.9 Å². The lowest BCUT2D eigenvalue weighted by Gasteiger charge is -2.32. The molecule has 0 radical (unpaired) electrons. The summed E-state index contributed by atoms with van der Waals surface area (Å²) in [5.74, 6) is 2.65. The molecule has 0 aromatic heterocycles. The maximum absolute atomic E-state index is 5.23. The molecule has 3 rings (SSSR count). The van der Waals surface area contributed by atoms with E-state index in [0.717, 1.165) is 30.7 Å². The van der Waals surface area contributed by atoms with Gasteiger partial charge in [-0.15, -0.1) is 0 Å². The van der Waals surface area contributed by atoms with E-state index in [9.17, 15) is 0 Å². The minimum Gasteiger partial charge on any atom is -0.497 e. The van der Waals surface area contributed by atoms with Gasteiger partial charge in [0.05, 0.1) is 7.11 Å². The fraction of sp³-hybridized carbons (Fsp3) is 0.667. The van der Waals surface area contributed by atoms with Gasteiger partial charge in [0.2, 0.25) is 0 Å². The van der Waals surface area contributed by atoms with Crippen LogP contribution in [0.5, 0.6) is 5.75 Å². The Morgan fingerprint density at radius 1 is 1.12 bits per heavy atom. The van der Waals surface area contributed by atoms with E-state index in [1.165, 1.54) is 57.2 Å².